The van der Waals surface area contributed by atoms with Crippen LogP contribution in [0.1, 0.15) is 11.4 Å². The van der Waals surface area contributed by atoms with Gasteiger partial charge in [0.05, 0.1) is 67.3 Å². The fourth-order valence-electron chi connectivity index (χ4n) is 14.9. The van der Waals surface area contributed by atoms with Crippen LogP contribution in [0.25, 0.3) is 200 Å². The van der Waals surface area contributed by atoms with Crippen LogP contribution in [0.5, 0.6) is 0 Å². The Balaban J connectivity index is 0.000000149. The summed E-state index contributed by atoms with van der Waals surface area (Å²) in [5, 5.41) is 6.49. The zero-order valence-corrected chi connectivity index (χ0v) is 60.1. The van der Waals surface area contributed by atoms with Crippen molar-refractivity contribution in [3.05, 3.63) is 376 Å². The number of nitrogens with zero attached hydrogens (tertiary/aromatic N) is 10. The summed E-state index contributed by atoms with van der Waals surface area (Å²) in [5.74, 6) is 1.33. The third kappa shape index (κ3) is 13.0. The maximum atomic E-state index is 5.19. The van der Waals surface area contributed by atoms with Crippen LogP contribution in [0, 0.1) is 13.8 Å². The summed E-state index contributed by atoms with van der Waals surface area (Å²) in [7, 11) is 0. The van der Waals surface area contributed by atoms with Crippen molar-refractivity contribution in [1.82, 2.24) is 49.8 Å². The Morgan fingerprint density at radius 3 is 0.955 bits per heavy atom. The normalized spacial score (nSPS) is 11.4. The fraction of sp³-hybridized carbons (Fsp3) is 0.0200. The van der Waals surface area contributed by atoms with Gasteiger partial charge < -0.3 is 0 Å². The van der Waals surface area contributed by atoms with Gasteiger partial charge in [-0.2, -0.15) is 0 Å². The van der Waals surface area contributed by atoms with Crippen LogP contribution >= 0.6 is 0 Å². The van der Waals surface area contributed by atoms with Gasteiger partial charge in [-0.1, -0.05) is 291 Å². The van der Waals surface area contributed by atoms with Crippen LogP contribution in [0.15, 0.2) is 364 Å². The summed E-state index contributed by atoms with van der Waals surface area (Å²) in [6.07, 6.45) is 3.70. The van der Waals surface area contributed by atoms with Gasteiger partial charge in [-0.3, -0.25) is 19.9 Å². The molecule has 0 unspecified atom stereocenters. The van der Waals surface area contributed by atoms with E-state index >= 15 is 0 Å². The Bertz CT molecular complexity index is 6470. The van der Waals surface area contributed by atoms with Crippen molar-refractivity contribution in [2.45, 2.75) is 13.8 Å². The smallest absolute Gasteiger partial charge is 0.160 e. The number of pyridine rings is 6. The van der Waals surface area contributed by atoms with Crippen molar-refractivity contribution in [3.8, 4) is 135 Å². The molecule has 20 rings (SSSR count). The molecule has 0 radical (unpaired) electrons. The van der Waals surface area contributed by atoms with Gasteiger partial charge in [-0.05, 0) is 108 Å². The second-order valence-electron chi connectivity index (χ2n) is 27.5. The molecule has 0 saturated carbocycles. The minimum absolute atomic E-state index is 0.666. The highest BCUT2D eigenvalue weighted by atomic mass is 14.9. The number of benzene rings is 12. The van der Waals surface area contributed by atoms with Crippen LogP contribution in [0.2, 0.25) is 0 Å². The Labute approximate surface area is 635 Å². The Morgan fingerprint density at radius 2 is 0.500 bits per heavy atom. The second-order valence-corrected chi connectivity index (χ2v) is 27.5. The average Bonchev–Trinajstić information content (AvgIpc) is 0.765. The minimum atomic E-state index is 0.666. The first-order valence-electron chi connectivity index (χ1n) is 36.8. The highest BCUT2D eigenvalue weighted by molar-refractivity contribution is 6.10. The molecule has 0 aliphatic carbocycles. The summed E-state index contributed by atoms with van der Waals surface area (Å²) in [4.78, 5) is 50.3. The van der Waals surface area contributed by atoms with E-state index in [2.05, 4.69) is 274 Å². The van der Waals surface area contributed by atoms with Crippen molar-refractivity contribution in [2.75, 3.05) is 0 Å². The molecule has 0 N–H and O–H groups in total. The number of aromatic nitrogens is 10. The molecule has 8 heterocycles. The van der Waals surface area contributed by atoms with Crippen molar-refractivity contribution in [3.63, 3.8) is 0 Å². The highest BCUT2D eigenvalue weighted by Gasteiger charge is 2.20. The first kappa shape index (κ1) is 66.0. The monoisotopic (exact) mass is 1410 g/mol. The summed E-state index contributed by atoms with van der Waals surface area (Å²) >= 11 is 0. The number of hydrogen-bond donors (Lipinski definition) is 0. The Hall–Kier alpha value is -14.7. The number of aryl methyl sites for hydroxylation is 2. The molecule has 0 aliphatic heterocycles. The second kappa shape index (κ2) is 28.6. The van der Waals surface area contributed by atoms with E-state index in [1.165, 1.54) is 0 Å². The molecule has 10 nitrogen and oxygen atoms in total. The summed E-state index contributed by atoms with van der Waals surface area (Å²) in [6, 6.07) is 122. The maximum absolute atomic E-state index is 5.19. The Kier molecular flexibility index (Phi) is 17.2. The molecule has 0 atom stereocenters. The van der Waals surface area contributed by atoms with Crippen molar-refractivity contribution < 1.29 is 0 Å². The predicted octanol–water partition coefficient (Wildman–Crippen LogP) is 24.9. The highest BCUT2D eigenvalue weighted by Crippen LogP contribution is 2.40. The molecular formula is C100H66N10. The molecule has 0 saturated heterocycles. The topological polar surface area (TPSA) is 129 Å². The first-order valence-corrected chi connectivity index (χ1v) is 36.8. The van der Waals surface area contributed by atoms with E-state index in [0.29, 0.717) is 11.6 Å². The van der Waals surface area contributed by atoms with Crippen LogP contribution in [0.4, 0.5) is 0 Å². The van der Waals surface area contributed by atoms with Gasteiger partial charge in [0.1, 0.15) is 0 Å². The van der Waals surface area contributed by atoms with E-state index in [-0.39, 0.29) is 0 Å². The van der Waals surface area contributed by atoms with E-state index in [1.54, 1.807) is 0 Å². The van der Waals surface area contributed by atoms with Crippen molar-refractivity contribution in [2.24, 2.45) is 0 Å². The Morgan fingerprint density at radius 1 is 0.173 bits per heavy atom. The van der Waals surface area contributed by atoms with E-state index in [9.17, 15) is 0 Å². The SMILES string of the molecule is Cc1cc(-c2ccc(-c3cc(-c4ccccc4)nc(-c4cccc(-c5cccc6cccnc56)c4)n3)cc2)c2ccc3ccc(-c4ccccc4)nc3c2n1.Cc1cc(-c2ccc(-c3nc(-c4ccccc4)cc(-c4cccc(-c5cccc6cccnc56)c4)n3)cc2)c2ccc3ccc(-c4ccccc4)nc3c2n1. The van der Waals surface area contributed by atoms with Crippen LogP contribution < -0.4 is 0 Å². The van der Waals surface area contributed by atoms with Gasteiger partial charge >= 0.3 is 0 Å². The van der Waals surface area contributed by atoms with Gasteiger partial charge in [-0.25, -0.2) is 29.9 Å². The van der Waals surface area contributed by atoms with E-state index in [0.717, 1.165) is 200 Å². The van der Waals surface area contributed by atoms with Gasteiger partial charge in [0.15, 0.2) is 11.6 Å². The van der Waals surface area contributed by atoms with Gasteiger partial charge in [0.25, 0.3) is 0 Å². The molecular weight excluding hydrogens is 1340 g/mol. The summed E-state index contributed by atoms with van der Waals surface area (Å²) in [5.41, 5.74) is 29.7. The molecule has 0 aliphatic rings. The molecule has 110 heavy (non-hydrogen) atoms. The molecule has 10 heteroatoms. The summed E-state index contributed by atoms with van der Waals surface area (Å²) < 4.78 is 0. The van der Waals surface area contributed by atoms with Gasteiger partial charge in [-0.15, -0.1) is 0 Å². The third-order valence-electron chi connectivity index (χ3n) is 20.4. The molecule has 12 aromatic carbocycles. The quantitative estimate of drug-likeness (QED) is 0.109. The zero-order chi connectivity index (χ0) is 73.4. The lowest BCUT2D eigenvalue weighted by Crippen LogP contribution is -1.96. The lowest BCUT2D eigenvalue weighted by Gasteiger charge is -2.13. The molecule has 0 spiro atoms. The molecule has 0 bridgehead atoms. The number of rotatable bonds is 12. The summed E-state index contributed by atoms with van der Waals surface area (Å²) in [6.45, 7) is 4.10. The van der Waals surface area contributed by atoms with Crippen LogP contribution in [-0.2, 0) is 0 Å². The van der Waals surface area contributed by atoms with Crippen molar-refractivity contribution in [1.29, 1.82) is 0 Å². The molecule has 0 fully saturated rings. The first-order chi connectivity index (χ1) is 54.3. The van der Waals surface area contributed by atoms with E-state index < -0.39 is 0 Å². The van der Waals surface area contributed by atoms with E-state index in [1.807, 2.05) is 104 Å². The van der Waals surface area contributed by atoms with Crippen LogP contribution in [0.3, 0.4) is 0 Å². The molecule has 20 aromatic rings. The molecule has 0 amide bonds. The van der Waals surface area contributed by atoms with E-state index in [4.69, 9.17) is 49.8 Å². The number of fused-ring (bicyclic) bond motifs is 8. The van der Waals surface area contributed by atoms with Crippen LogP contribution in [-0.4, -0.2) is 49.8 Å². The number of para-hydroxylation sites is 2. The fourth-order valence-corrected chi connectivity index (χ4v) is 14.9. The third-order valence-corrected chi connectivity index (χ3v) is 20.4. The zero-order valence-electron chi connectivity index (χ0n) is 60.1. The minimum Gasteiger partial charge on any atom is -0.256 e. The lowest BCUT2D eigenvalue weighted by atomic mass is 9.97. The van der Waals surface area contributed by atoms with Gasteiger partial charge in [0, 0.05) is 112 Å². The maximum Gasteiger partial charge on any atom is 0.160 e. The molecule has 516 valence electrons. The predicted molar refractivity (Wildman–Crippen MR) is 451 cm³/mol. The standard InChI is InChI=1S/2C50H33N5/c1-32-29-43(42-26-24-38-25-27-44(34-11-4-2-5-12-34)53-48(38)49(42)52-32)33-20-22-36(23-21-33)46-31-45(35-13-6-3-7-14-35)54-50(55-46)40-17-8-16-39(30-40)41-19-9-15-37-18-10-28-51-47(37)41;1-32-29-43(42-26-24-37-25-27-44(34-11-4-2-5-12-34)53-48(37)49(42)52-32)33-20-22-38(23-21-33)50-54-45(35-13-6-3-7-14-35)31-46(55-50)40-17-8-16-39(30-40)41-19-9-15-36-18-10-28-51-47(36)41/h2*2-31H,1H3. The largest absolute Gasteiger partial charge is 0.256 e. The molecule has 8 aromatic heterocycles. The van der Waals surface area contributed by atoms with Crippen molar-refractivity contribution >= 4 is 65.4 Å². The number of hydrogen-bond acceptors (Lipinski definition) is 10. The van der Waals surface area contributed by atoms with Gasteiger partial charge in [0.2, 0.25) is 0 Å². The average molecular weight is 1410 g/mol. The lowest BCUT2D eigenvalue weighted by molar-refractivity contribution is 1.18.